The Kier molecular flexibility index (Phi) is 2.82. The summed E-state index contributed by atoms with van der Waals surface area (Å²) in [5.74, 6) is 2.71. The van der Waals surface area contributed by atoms with Crippen LogP contribution in [0, 0.1) is 0 Å². The van der Waals surface area contributed by atoms with Crippen molar-refractivity contribution in [3.05, 3.63) is 0 Å². The molecule has 0 aromatic heterocycles. The summed E-state index contributed by atoms with van der Waals surface area (Å²) < 4.78 is 66.6. The van der Waals surface area contributed by atoms with E-state index in [1.807, 2.05) is 0 Å². The first-order chi connectivity index (χ1) is 4.96. The van der Waals surface area contributed by atoms with Crippen molar-refractivity contribution in [1.29, 1.82) is 0 Å². The highest BCUT2D eigenvalue weighted by Crippen LogP contribution is 2.21. The average Bonchev–Trinajstić information content (AvgIpc) is 1.52. The van der Waals surface area contributed by atoms with Gasteiger partial charge in [-0.2, -0.15) is 13.2 Å². The molecule has 0 rings (SSSR count). The summed E-state index contributed by atoms with van der Waals surface area (Å²) in [6.45, 7) is 0. The third-order valence-electron chi connectivity index (χ3n) is 0.591. The molecule has 0 amide bonds. The fraction of sp³-hybridized carbons (Fsp3) is 0.667. The normalized spacial score (nSPS) is 18.7. The zero-order chi connectivity index (χ0) is 10.2. The largest absolute Gasteiger partial charge is 0.512 e. The van der Waals surface area contributed by atoms with E-state index in [-0.39, 0.29) is 0 Å². The predicted molar refractivity (Wildman–Crippen MR) is 39.3 cm³/mol. The van der Waals surface area contributed by atoms with Crippen LogP contribution >= 0.6 is 0 Å². The van der Waals surface area contributed by atoms with Gasteiger partial charge in [-0.05, 0) is 5.87 Å². The number of hydrogen-bond donors (Lipinski definition) is 1. The maximum absolute atomic E-state index is 11.6. The van der Waals surface area contributed by atoms with E-state index in [1.165, 1.54) is 0 Å². The molecule has 1 atom stereocenters. The van der Waals surface area contributed by atoms with Gasteiger partial charge in [0.05, 0.1) is 0 Å². The Labute approximate surface area is 68.0 Å². The van der Waals surface area contributed by atoms with Crippen LogP contribution in [-0.4, -0.2) is 30.3 Å². The molecule has 0 saturated carbocycles. The predicted octanol–water partition coefficient (Wildman–Crippen LogP) is -0.313. The first-order valence-electron chi connectivity index (χ1n) is 2.38. The van der Waals surface area contributed by atoms with E-state index in [2.05, 4.69) is 5.87 Å². The third-order valence-corrected chi connectivity index (χ3v) is 3.49. The molecule has 0 saturated heterocycles. The van der Waals surface area contributed by atoms with Crippen molar-refractivity contribution in [2.24, 2.45) is 0 Å². The maximum Gasteiger partial charge on any atom is 0.512 e. The lowest BCUT2D eigenvalue weighted by Crippen LogP contribution is -2.39. The fourth-order valence-corrected chi connectivity index (χ4v) is 2.51. The first-order valence-corrected chi connectivity index (χ1v) is 5.99. The molecular formula is C3H6F3NO3S2. The Morgan fingerprint density at radius 3 is 1.67 bits per heavy atom. The maximum atomic E-state index is 11.6. The van der Waals surface area contributed by atoms with E-state index in [0.29, 0.717) is 0 Å². The lowest BCUT2D eigenvalue weighted by Gasteiger charge is -2.09. The molecule has 1 N–H and O–H groups in total. The third kappa shape index (κ3) is 3.41. The van der Waals surface area contributed by atoms with Crippen molar-refractivity contribution in [1.82, 2.24) is 4.13 Å². The monoisotopic (exact) mass is 225 g/mol. The zero-order valence-corrected chi connectivity index (χ0v) is 7.52. The molecule has 0 fully saturated rings. The molecule has 0 aliphatic rings. The highest BCUT2D eigenvalue weighted by atomic mass is 32.3. The molecule has 0 spiro atoms. The van der Waals surface area contributed by atoms with Crippen LogP contribution in [0.4, 0.5) is 13.2 Å². The minimum absolute atomic E-state index is 0.746. The smallest absolute Gasteiger partial charge is 0.252 e. The number of sulfonamides is 1. The number of rotatable bonds is 2. The minimum Gasteiger partial charge on any atom is -0.252 e. The molecular weight excluding hydrogens is 219 g/mol. The summed E-state index contributed by atoms with van der Waals surface area (Å²) >= 11 is 0. The van der Waals surface area contributed by atoms with Gasteiger partial charge in [0.1, 0.15) is 0 Å². The lowest BCUT2D eigenvalue weighted by atomic mass is 11.6. The summed E-state index contributed by atoms with van der Waals surface area (Å²) in [6.07, 6.45) is 0.746. The molecule has 4 nitrogen and oxygen atoms in total. The zero-order valence-electron chi connectivity index (χ0n) is 5.88. The Morgan fingerprint density at radius 2 is 1.58 bits per heavy atom. The minimum atomic E-state index is -5.54. The molecule has 0 aliphatic carbocycles. The van der Waals surface area contributed by atoms with Crippen LogP contribution in [0.3, 0.4) is 0 Å². The molecule has 9 heteroatoms. The van der Waals surface area contributed by atoms with E-state index in [0.717, 1.165) is 10.4 Å². The molecule has 1 unspecified atom stereocenters. The summed E-state index contributed by atoms with van der Waals surface area (Å²) in [5, 5.41) is 0. The van der Waals surface area contributed by atoms with Gasteiger partial charge in [0.25, 0.3) is 0 Å². The topological polar surface area (TPSA) is 63.2 Å². The van der Waals surface area contributed by atoms with E-state index < -0.39 is 25.2 Å². The van der Waals surface area contributed by atoms with Crippen LogP contribution < -0.4 is 4.13 Å². The Hall–Kier alpha value is -0.280. The van der Waals surface area contributed by atoms with E-state index in [4.69, 9.17) is 0 Å². The summed E-state index contributed by atoms with van der Waals surface area (Å²) in [4.78, 5) is 0. The van der Waals surface area contributed by atoms with Gasteiger partial charge in [0, 0.05) is 16.0 Å². The second kappa shape index (κ2) is 2.89. The van der Waals surface area contributed by atoms with Gasteiger partial charge >= 0.3 is 15.5 Å². The number of hydrogen-bond acceptors (Lipinski definition) is 3. The van der Waals surface area contributed by atoms with Gasteiger partial charge in [0.2, 0.25) is 0 Å². The van der Waals surface area contributed by atoms with E-state index in [1.54, 1.807) is 0 Å². The Morgan fingerprint density at radius 1 is 1.25 bits per heavy atom. The molecule has 0 aromatic rings. The molecule has 0 radical (unpaired) electrons. The first kappa shape index (κ1) is 11.7. The quantitative estimate of drug-likeness (QED) is 0.655. The van der Waals surface area contributed by atoms with Crippen LogP contribution in [0.1, 0.15) is 0 Å². The van der Waals surface area contributed by atoms with Crippen LogP contribution in [-0.2, 0) is 19.7 Å². The van der Waals surface area contributed by atoms with Gasteiger partial charge in [-0.1, -0.05) is 0 Å². The molecule has 0 aromatic carbocycles. The fourth-order valence-electron chi connectivity index (χ4n) is 0.279. The molecule has 0 aliphatic heterocycles. The molecule has 0 bridgehead atoms. The molecule has 74 valence electrons. The van der Waals surface area contributed by atoms with Crippen molar-refractivity contribution in [2.45, 2.75) is 5.51 Å². The highest BCUT2D eigenvalue weighted by molar-refractivity contribution is 8.09. The van der Waals surface area contributed by atoms with Crippen LogP contribution in [0.2, 0.25) is 0 Å². The molecule has 0 heterocycles. The van der Waals surface area contributed by atoms with Crippen molar-refractivity contribution in [2.75, 3.05) is 6.26 Å². The van der Waals surface area contributed by atoms with Crippen molar-refractivity contribution in [3.63, 3.8) is 0 Å². The number of halogens is 3. The second-order valence-corrected chi connectivity index (χ2v) is 6.18. The average molecular weight is 225 g/mol. The van der Waals surface area contributed by atoms with E-state index >= 15 is 0 Å². The van der Waals surface area contributed by atoms with Crippen molar-refractivity contribution in [3.8, 4) is 0 Å². The highest BCUT2D eigenvalue weighted by Gasteiger charge is 2.46. The van der Waals surface area contributed by atoms with Gasteiger partial charge in [-0.25, -0.2) is 8.42 Å². The Bertz CT molecular complexity index is 351. The van der Waals surface area contributed by atoms with Gasteiger partial charge < -0.3 is 0 Å². The summed E-state index contributed by atoms with van der Waals surface area (Å²) in [5.41, 5.74) is -5.46. The summed E-state index contributed by atoms with van der Waals surface area (Å²) in [6, 6.07) is 0. The van der Waals surface area contributed by atoms with Crippen molar-refractivity contribution < 1.29 is 25.8 Å². The van der Waals surface area contributed by atoms with Crippen LogP contribution in [0.25, 0.3) is 0 Å². The standard InChI is InChI=1S/C3H6F3NO3S2/c1-11(2,8)7-12(9,10)3(4,5)6/h1H2,2H3,(H,7,8). The van der Waals surface area contributed by atoms with E-state index in [9.17, 15) is 25.8 Å². The number of alkyl halides is 3. The van der Waals surface area contributed by atoms with Crippen LogP contribution in [0.15, 0.2) is 0 Å². The Balaban J connectivity index is 4.96. The lowest BCUT2D eigenvalue weighted by molar-refractivity contribution is -0.0440. The van der Waals surface area contributed by atoms with Gasteiger partial charge in [-0.3, -0.25) is 4.21 Å². The number of nitrogens with one attached hydrogen (secondary N) is 1. The second-order valence-electron chi connectivity index (χ2n) is 2.04. The van der Waals surface area contributed by atoms with Gasteiger partial charge in [-0.15, -0.1) is 4.13 Å². The van der Waals surface area contributed by atoms with Crippen molar-refractivity contribution >= 4 is 25.6 Å². The summed E-state index contributed by atoms with van der Waals surface area (Å²) in [7, 11) is -8.97. The molecule has 12 heavy (non-hydrogen) atoms. The van der Waals surface area contributed by atoms with Gasteiger partial charge in [0.15, 0.2) is 0 Å². The SMILES string of the molecule is C=S(C)(=O)NS(=O)(=O)C(F)(F)F. The van der Waals surface area contributed by atoms with Crippen LogP contribution in [0.5, 0.6) is 0 Å².